The molecule has 0 saturated heterocycles. The Morgan fingerprint density at radius 1 is 1.32 bits per heavy atom. The van der Waals surface area contributed by atoms with Gasteiger partial charge in [-0.15, -0.1) is 0 Å². The van der Waals surface area contributed by atoms with Gasteiger partial charge in [-0.25, -0.2) is 0 Å². The predicted molar refractivity (Wildman–Crippen MR) is 75.4 cm³/mol. The van der Waals surface area contributed by atoms with E-state index < -0.39 is 12.7 Å². The highest BCUT2D eigenvalue weighted by atomic mass is 79.9. The number of alkyl halides is 3. The Morgan fingerprint density at radius 2 is 1.95 bits per heavy atom. The van der Waals surface area contributed by atoms with Crippen LogP contribution in [0, 0.1) is 0 Å². The molecule has 108 valence electrons. The zero-order valence-corrected chi connectivity index (χ0v) is 12.8. The summed E-state index contributed by atoms with van der Waals surface area (Å²) >= 11 is 3.30. The van der Waals surface area contributed by atoms with Crippen molar-refractivity contribution >= 4 is 21.6 Å². The number of rotatable bonds is 5. The van der Waals surface area contributed by atoms with Gasteiger partial charge in [-0.05, 0) is 17.7 Å². The summed E-state index contributed by atoms with van der Waals surface area (Å²) in [6.07, 6.45) is -4.21. The first-order valence-electron chi connectivity index (χ1n) is 5.99. The van der Waals surface area contributed by atoms with E-state index in [1.165, 1.54) is 11.9 Å². The molecule has 0 aromatic heterocycles. The van der Waals surface area contributed by atoms with E-state index in [1.54, 1.807) is 6.07 Å². The minimum absolute atomic E-state index is 0.282. The highest BCUT2D eigenvalue weighted by Crippen LogP contribution is 2.27. The molecule has 0 saturated carbocycles. The highest BCUT2D eigenvalue weighted by molar-refractivity contribution is 9.10. The Morgan fingerprint density at radius 3 is 2.47 bits per heavy atom. The average Bonchev–Trinajstić information content (AvgIpc) is 2.24. The lowest BCUT2D eigenvalue weighted by Gasteiger charge is -2.24. The van der Waals surface area contributed by atoms with Gasteiger partial charge in [0.2, 0.25) is 0 Å². The molecule has 1 aromatic carbocycles. The van der Waals surface area contributed by atoms with Crippen molar-refractivity contribution in [2.75, 3.05) is 18.5 Å². The Labute approximate surface area is 120 Å². The summed E-state index contributed by atoms with van der Waals surface area (Å²) in [5.74, 6) is 0. The van der Waals surface area contributed by atoms with E-state index in [4.69, 9.17) is 0 Å². The molecule has 0 aliphatic carbocycles. The highest BCUT2D eigenvalue weighted by Gasteiger charge is 2.30. The molecule has 19 heavy (non-hydrogen) atoms. The molecule has 1 aromatic rings. The Balaban J connectivity index is 2.93. The number of nitrogens with one attached hydrogen (secondary N) is 1. The van der Waals surface area contributed by atoms with Crippen molar-refractivity contribution in [1.82, 2.24) is 5.32 Å². The second-order valence-electron chi connectivity index (χ2n) is 4.78. The average molecular weight is 339 g/mol. The molecule has 0 aliphatic heterocycles. The standard InChI is InChI=1S/C13H18BrF3N2/c1-9(2)18-7-10-4-5-11(14)6-12(10)19(3)8-13(15,16)17/h4-6,9,18H,7-8H2,1-3H3. The van der Waals surface area contributed by atoms with Crippen LogP contribution in [0.5, 0.6) is 0 Å². The van der Waals surface area contributed by atoms with Crippen molar-refractivity contribution < 1.29 is 13.2 Å². The van der Waals surface area contributed by atoms with E-state index in [0.29, 0.717) is 12.2 Å². The van der Waals surface area contributed by atoms with E-state index in [1.807, 2.05) is 26.0 Å². The normalized spacial score (nSPS) is 12.0. The first kappa shape index (κ1) is 16.3. The second-order valence-corrected chi connectivity index (χ2v) is 5.70. The van der Waals surface area contributed by atoms with Gasteiger partial charge in [0.15, 0.2) is 0 Å². The second kappa shape index (κ2) is 6.61. The van der Waals surface area contributed by atoms with Gasteiger partial charge in [-0.3, -0.25) is 0 Å². The molecule has 6 heteroatoms. The largest absolute Gasteiger partial charge is 0.405 e. The van der Waals surface area contributed by atoms with E-state index in [-0.39, 0.29) is 6.04 Å². The van der Waals surface area contributed by atoms with Crippen LogP contribution in [0.3, 0.4) is 0 Å². The first-order chi connectivity index (χ1) is 8.69. The zero-order valence-electron chi connectivity index (χ0n) is 11.2. The van der Waals surface area contributed by atoms with Gasteiger partial charge in [0, 0.05) is 29.8 Å². The van der Waals surface area contributed by atoms with Crippen molar-refractivity contribution in [3.8, 4) is 0 Å². The smallest absolute Gasteiger partial charge is 0.365 e. The molecule has 0 amide bonds. The van der Waals surface area contributed by atoms with Crippen molar-refractivity contribution in [2.45, 2.75) is 32.6 Å². The summed E-state index contributed by atoms with van der Waals surface area (Å²) in [7, 11) is 1.45. The molecule has 0 fully saturated rings. The zero-order chi connectivity index (χ0) is 14.6. The summed E-state index contributed by atoms with van der Waals surface area (Å²) in [6, 6.07) is 5.66. The Hall–Kier alpha value is -0.750. The van der Waals surface area contributed by atoms with Crippen LogP contribution in [0.25, 0.3) is 0 Å². The van der Waals surface area contributed by atoms with Gasteiger partial charge in [0.25, 0.3) is 0 Å². The molecular formula is C13H18BrF3N2. The van der Waals surface area contributed by atoms with Crippen LogP contribution in [0.1, 0.15) is 19.4 Å². The lowest BCUT2D eigenvalue weighted by atomic mass is 10.1. The van der Waals surface area contributed by atoms with Crippen molar-refractivity contribution in [3.63, 3.8) is 0 Å². The maximum absolute atomic E-state index is 12.5. The van der Waals surface area contributed by atoms with Gasteiger partial charge >= 0.3 is 6.18 Å². The van der Waals surface area contributed by atoms with Crippen LogP contribution in [0.2, 0.25) is 0 Å². The molecule has 0 bridgehead atoms. The van der Waals surface area contributed by atoms with Crippen molar-refractivity contribution in [3.05, 3.63) is 28.2 Å². The SMILES string of the molecule is CC(C)NCc1ccc(Br)cc1N(C)CC(F)(F)F. The minimum atomic E-state index is -4.21. The summed E-state index contributed by atoms with van der Waals surface area (Å²) in [4.78, 5) is 1.22. The number of hydrogen-bond donors (Lipinski definition) is 1. The predicted octanol–water partition coefficient (Wildman–Crippen LogP) is 3.95. The third-order valence-corrected chi connectivity index (χ3v) is 3.07. The van der Waals surface area contributed by atoms with E-state index in [2.05, 4.69) is 21.2 Å². The Kier molecular flexibility index (Phi) is 5.67. The molecule has 0 heterocycles. The molecule has 0 spiro atoms. The maximum atomic E-state index is 12.5. The molecular weight excluding hydrogens is 321 g/mol. The molecule has 0 aliphatic rings. The van der Waals surface area contributed by atoms with Gasteiger partial charge in [-0.1, -0.05) is 35.8 Å². The number of hydrogen-bond acceptors (Lipinski definition) is 2. The van der Waals surface area contributed by atoms with Gasteiger partial charge in [-0.2, -0.15) is 13.2 Å². The van der Waals surface area contributed by atoms with Crippen LogP contribution >= 0.6 is 15.9 Å². The lowest BCUT2D eigenvalue weighted by molar-refractivity contribution is -0.119. The first-order valence-corrected chi connectivity index (χ1v) is 6.78. The number of anilines is 1. The maximum Gasteiger partial charge on any atom is 0.405 e. The molecule has 0 atom stereocenters. The van der Waals surface area contributed by atoms with Crippen LogP contribution in [-0.4, -0.2) is 25.8 Å². The van der Waals surface area contributed by atoms with Crippen molar-refractivity contribution in [2.24, 2.45) is 0 Å². The van der Waals surface area contributed by atoms with Gasteiger partial charge < -0.3 is 10.2 Å². The molecule has 0 unspecified atom stereocenters. The van der Waals surface area contributed by atoms with Crippen LogP contribution in [0.15, 0.2) is 22.7 Å². The van der Waals surface area contributed by atoms with E-state index in [0.717, 1.165) is 10.0 Å². The van der Waals surface area contributed by atoms with E-state index in [9.17, 15) is 13.2 Å². The van der Waals surface area contributed by atoms with Crippen molar-refractivity contribution in [1.29, 1.82) is 0 Å². The lowest BCUT2D eigenvalue weighted by Crippen LogP contribution is -2.32. The Bertz CT molecular complexity index is 419. The molecule has 1 rings (SSSR count). The van der Waals surface area contributed by atoms with Crippen LogP contribution in [-0.2, 0) is 6.54 Å². The van der Waals surface area contributed by atoms with Crippen LogP contribution in [0.4, 0.5) is 18.9 Å². The number of benzene rings is 1. The van der Waals surface area contributed by atoms with Crippen LogP contribution < -0.4 is 10.2 Å². The number of halogens is 4. The fraction of sp³-hybridized carbons (Fsp3) is 0.538. The molecule has 2 nitrogen and oxygen atoms in total. The monoisotopic (exact) mass is 338 g/mol. The third-order valence-electron chi connectivity index (χ3n) is 2.58. The summed E-state index contributed by atoms with van der Waals surface area (Å²) in [6.45, 7) is 3.58. The van der Waals surface area contributed by atoms with Gasteiger partial charge in [0.1, 0.15) is 6.54 Å². The number of nitrogens with zero attached hydrogens (tertiary/aromatic N) is 1. The fourth-order valence-electron chi connectivity index (χ4n) is 1.71. The van der Waals surface area contributed by atoms with Gasteiger partial charge in [0.05, 0.1) is 0 Å². The minimum Gasteiger partial charge on any atom is -0.365 e. The third kappa shape index (κ3) is 5.82. The summed E-state index contributed by atoms with van der Waals surface area (Å²) in [5, 5.41) is 3.22. The summed E-state index contributed by atoms with van der Waals surface area (Å²) < 4.78 is 38.2. The topological polar surface area (TPSA) is 15.3 Å². The fourth-order valence-corrected chi connectivity index (χ4v) is 2.06. The van der Waals surface area contributed by atoms with E-state index >= 15 is 0 Å². The molecule has 0 radical (unpaired) electrons. The quantitative estimate of drug-likeness (QED) is 0.874. The summed E-state index contributed by atoms with van der Waals surface area (Å²) in [5.41, 5.74) is 1.43. The molecule has 1 N–H and O–H groups in total.